The molecule has 3 aromatic rings. The minimum Gasteiger partial charge on any atom is -0.462 e. The lowest BCUT2D eigenvalue weighted by Gasteiger charge is -2.42. The van der Waals surface area contributed by atoms with Gasteiger partial charge in [-0.3, -0.25) is 9.89 Å². The Morgan fingerprint density at radius 2 is 2.05 bits per heavy atom. The summed E-state index contributed by atoms with van der Waals surface area (Å²) in [6.45, 7) is 10.5. The summed E-state index contributed by atoms with van der Waals surface area (Å²) in [5.74, 6) is 0.718. The van der Waals surface area contributed by atoms with Gasteiger partial charge in [0.25, 0.3) is 0 Å². The lowest BCUT2D eigenvalue weighted by Crippen LogP contribution is -2.55. The summed E-state index contributed by atoms with van der Waals surface area (Å²) in [5.41, 5.74) is 5.45. The van der Waals surface area contributed by atoms with Crippen LogP contribution in [0, 0.1) is 18.3 Å². The van der Waals surface area contributed by atoms with Gasteiger partial charge < -0.3 is 24.3 Å². The van der Waals surface area contributed by atoms with Gasteiger partial charge in [0, 0.05) is 43.2 Å². The summed E-state index contributed by atoms with van der Waals surface area (Å²) in [7, 11) is 2.14. The molecule has 2 fully saturated rings. The standard InChI is InChI=1S/C30H37N9O2.CH4.H2S/c1-4-27(40)39-15-14-38(17-21(39)9-11-31)29-23-10-13-37(28-20(2)7-8-25-24(28)16-32-35-25)18-26(23)33-30(34-29)41-19-22-6-5-12-36(22)3;;/h4,7-8,16,21-22H,1,5-6,9-10,12-15,17-19H2,2-3H3,(H,32,35);1H4;1H2/t21?,22-;;/m0../s1. The van der Waals surface area contributed by atoms with Crippen LogP contribution in [0.1, 0.15) is 43.5 Å². The van der Waals surface area contributed by atoms with Crippen molar-refractivity contribution < 1.29 is 9.53 Å². The molecule has 1 N–H and O–H groups in total. The Bertz CT molecular complexity index is 1500. The zero-order valence-electron chi connectivity index (χ0n) is 24.3. The van der Waals surface area contributed by atoms with E-state index in [0.717, 1.165) is 53.9 Å². The van der Waals surface area contributed by atoms with E-state index in [9.17, 15) is 10.1 Å². The largest absolute Gasteiger partial charge is 0.462 e. The number of nitriles is 1. The van der Waals surface area contributed by atoms with Crippen molar-refractivity contribution in [2.75, 3.05) is 56.2 Å². The number of likely N-dealkylation sites (N-methyl/N-ethyl adjacent to an activating group) is 1. The van der Waals surface area contributed by atoms with E-state index in [1.54, 1.807) is 4.90 Å². The molecule has 3 aliphatic heterocycles. The van der Waals surface area contributed by atoms with E-state index >= 15 is 0 Å². The third-order valence-corrected chi connectivity index (χ3v) is 8.78. The smallest absolute Gasteiger partial charge is 0.318 e. The number of hydrogen-bond acceptors (Lipinski definition) is 9. The monoisotopic (exact) mass is 605 g/mol. The van der Waals surface area contributed by atoms with Crippen molar-refractivity contribution in [2.24, 2.45) is 0 Å². The number of benzene rings is 1. The average molecular weight is 606 g/mol. The lowest BCUT2D eigenvalue weighted by molar-refractivity contribution is -0.128. The number of likely N-dealkylation sites (tertiary alicyclic amines) is 1. The number of aromatic nitrogens is 4. The second-order valence-corrected chi connectivity index (χ2v) is 11.3. The van der Waals surface area contributed by atoms with E-state index in [4.69, 9.17) is 14.7 Å². The predicted molar refractivity (Wildman–Crippen MR) is 174 cm³/mol. The number of H-pyrrole nitrogens is 1. The first-order valence-corrected chi connectivity index (χ1v) is 14.4. The molecular formula is C31H43N9O2S. The third kappa shape index (κ3) is 6.28. The number of hydrogen-bond donors (Lipinski definition) is 1. The Hall–Kier alpha value is -3.82. The van der Waals surface area contributed by atoms with Crippen LogP contribution in [0.3, 0.4) is 0 Å². The predicted octanol–water partition coefficient (Wildman–Crippen LogP) is 3.56. The minimum atomic E-state index is -0.234. The zero-order valence-corrected chi connectivity index (χ0v) is 25.3. The number of aromatic amines is 1. The zero-order chi connectivity index (χ0) is 28.5. The summed E-state index contributed by atoms with van der Waals surface area (Å²) in [6, 6.07) is 6.96. The van der Waals surface area contributed by atoms with Gasteiger partial charge in [-0.05, 0) is 57.5 Å². The highest BCUT2D eigenvalue weighted by Gasteiger charge is 2.34. The van der Waals surface area contributed by atoms with Crippen molar-refractivity contribution >= 4 is 41.8 Å². The molecule has 12 heteroatoms. The van der Waals surface area contributed by atoms with Gasteiger partial charge in [0.05, 0.1) is 48.2 Å². The fourth-order valence-electron chi connectivity index (χ4n) is 6.53. The van der Waals surface area contributed by atoms with Gasteiger partial charge in [-0.1, -0.05) is 20.1 Å². The Morgan fingerprint density at radius 1 is 1.21 bits per heavy atom. The first kappa shape index (κ1) is 32.1. The van der Waals surface area contributed by atoms with Gasteiger partial charge in [-0.15, -0.1) is 0 Å². The van der Waals surface area contributed by atoms with Gasteiger partial charge in [0.15, 0.2) is 0 Å². The second kappa shape index (κ2) is 13.7. The van der Waals surface area contributed by atoms with Crippen LogP contribution in [0.2, 0.25) is 0 Å². The van der Waals surface area contributed by atoms with Crippen LogP contribution in [0.5, 0.6) is 6.01 Å². The maximum Gasteiger partial charge on any atom is 0.318 e. The van der Waals surface area contributed by atoms with E-state index < -0.39 is 0 Å². The van der Waals surface area contributed by atoms with Crippen molar-refractivity contribution in [3.05, 3.63) is 47.8 Å². The molecule has 43 heavy (non-hydrogen) atoms. The van der Waals surface area contributed by atoms with Crippen LogP contribution >= 0.6 is 13.5 Å². The van der Waals surface area contributed by atoms with Crippen molar-refractivity contribution in [3.63, 3.8) is 0 Å². The van der Waals surface area contributed by atoms with Gasteiger partial charge in [0.1, 0.15) is 12.4 Å². The highest BCUT2D eigenvalue weighted by Crippen LogP contribution is 2.36. The van der Waals surface area contributed by atoms with Crippen LogP contribution in [0.4, 0.5) is 11.5 Å². The summed E-state index contributed by atoms with van der Waals surface area (Å²) in [4.78, 5) is 31.1. The normalized spacial score (nSPS) is 20.2. The van der Waals surface area contributed by atoms with Crippen LogP contribution in [-0.2, 0) is 17.8 Å². The summed E-state index contributed by atoms with van der Waals surface area (Å²) in [5, 5.41) is 18.0. The van der Waals surface area contributed by atoms with E-state index in [1.807, 2.05) is 6.20 Å². The van der Waals surface area contributed by atoms with Crippen molar-refractivity contribution in [2.45, 2.75) is 58.7 Å². The maximum absolute atomic E-state index is 12.5. The maximum atomic E-state index is 12.5. The molecule has 2 saturated heterocycles. The number of amides is 1. The molecule has 0 saturated carbocycles. The SMILES string of the molecule is C.C=CC(=O)N1CCN(c2nc(OC[C@@H]3CCCN3C)nc3c2CCN(c2c(C)ccc4[nH]ncc24)C3)CC1CC#N.S. The van der Waals surface area contributed by atoms with Crippen molar-refractivity contribution in [3.8, 4) is 12.1 Å². The average Bonchev–Trinajstić information content (AvgIpc) is 3.63. The molecule has 1 unspecified atom stereocenters. The molecule has 11 nitrogen and oxygen atoms in total. The molecule has 2 aromatic heterocycles. The van der Waals surface area contributed by atoms with Crippen molar-refractivity contribution in [1.82, 2.24) is 30.0 Å². The Labute approximate surface area is 261 Å². The van der Waals surface area contributed by atoms with Crippen molar-refractivity contribution in [1.29, 1.82) is 5.26 Å². The van der Waals surface area contributed by atoms with Gasteiger partial charge in [-0.25, -0.2) is 0 Å². The number of carbonyl (C=O) groups excluding carboxylic acids is 1. The molecule has 0 aliphatic carbocycles. The van der Waals surface area contributed by atoms with E-state index in [0.29, 0.717) is 44.8 Å². The van der Waals surface area contributed by atoms with Gasteiger partial charge >= 0.3 is 6.01 Å². The van der Waals surface area contributed by atoms with E-state index in [1.165, 1.54) is 23.7 Å². The molecule has 5 heterocycles. The van der Waals surface area contributed by atoms with Gasteiger partial charge in [-0.2, -0.15) is 33.8 Å². The fraction of sp³-hybridized carbons (Fsp3) is 0.516. The number of nitrogens with zero attached hydrogens (tertiary/aromatic N) is 8. The number of carbonyl (C=O) groups is 1. The summed E-state index contributed by atoms with van der Waals surface area (Å²) < 4.78 is 6.28. The molecule has 0 radical (unpaired) electrons. The number of piperazine rings is 1. The molecule has 0 spiro atoms. The Balaban J connectivity index is 0.00000212. The molecule has 230 valence electrons. The van der Waals surface area contributed by atoms with Gasteiger partial charge in [0.2, 0.25) is 5.91 Å². The van der Waals surface area contributed by atoms with E-state index in [-0.39, 0.29) is 39.3 Å². The Kier molecular flexibility index (Phi) is 10.2. The second-order valence-electron chi connectivity index (χ2n) is 11.3. The highest BCUT2D eigenvalue weighted by molar-refractivity contribution is 7.59. The van der Waals surface area contributed by atoms with Crippen LogP contribution in [0.15, 0.2) is 31.0 Å². The third-order valence-electron chi connectivity index (χ3n) is 8.78. The summed E-state index contributed by atoms with van der Waals surface area (Å²) in [6.07, 6.45) is 6.52. The summed E-state index contributed by atoms with van der Waals surface area (Å²) >= 11 is 0. The molecule has 6 rings (SSSR count). The first-order chi connectivity index (χ1) is 20.0. The molecular weight excluding hydrogens is 562 g/mol. The van der Waals surface area contributed by atoms with E-state index in [2.05, 4.69) is 63.6 Å². The topological polar surface area (TPSA) is 118 Å². The molecule has 1 amide bonds. The molecule has 1 aromatic carbocycles. The highest BCUT2D eigenvalue weighted by atomic mass is 32.1. The molecule has 0 bridgehead atoms. The lowest BCUT2D eigenvalue weighted by atomic mass is 10.0. The number of rotatable bonds is 7. The molecule has 3 aliphatic rings. The Morgan fingerprint density at radius 3 is 2.79 bits per heavy atom. The quantitative estimate of drug-likeness (QED) is 0.404. The minimum absolute atomic E-state index is 0. The number of nitrogens with one attached hydrogen (secondary N) is 1. The number of aryl methyl sites for hydroxylation is 1. The molecule has 2 atom stereocenters. The van der Waals surface area contributed by atoms with Crippen LogP contribution < -0.4 is 14.5 Å². The number of anilines is 2. The van der Waals surface area contributed by atoms with Crippen LogP contribution in [0.25, 0.3) is 10.9 Å². The number of ether oxygens (including phenoxy) is 1. The fourth-order valence-corrected chi connectivity index (χ4v) is 6.53. The first-order valence-electron chi connectivity index (χ1n) is 14.4. The van der Waals surface area contributed by atoms with Crippen LogP contribution in [-0.4, -0.2) is 94.3 Å². The number of fused-ring (bicyclic) bond motifs is 2.